The van der Waals surface area contributed by atoms with Crippen molar-refractivity contribution in [3.8, 4) is 5.75 Å². The predicted molar refractivity (Wildman–Crippen MR) is 182 cm³/mol. The third-order valence-corrected chi connectivity index (χ3v) is 9.67. The Kier molecular flexibility index (Phi) is 9.47. The molecule has 3 aromatic carbocycles. The van der Waals surface area contributed by atoms with Gasteiger partial charge in [0.05, 0.1) is 44.6 Å². The molecule has 0 saturated carbocycles. The summed E-state index contributed by atoms with van der Waals surface area (Å²) in [4.78, 5) is 47.6. The Morgan fingerprint density at radius 2 is 1.73 bits per heavy atom. The van der Waals surface area contributed by atoms with E-state index >= 15 is 0 Å². The van der Waals surface area contributed by atoms with Gasteiger partial charge in [-0.1, -0.05) is 54.6 Å². The number of phenolic OH excluding ortho intramolecular Hbond substituents is 1. The van der Waals surface area contributed by atoms with Gasteiger partial charge in [-0.15, -0.1) is 0 Å². The summed E-state index contributed by atoms with van der Waals surface area (Å²) < 4.78 is 7.50. The molecule has 13 heteroatoms. The van der Waals surface area contributed by atoms with Crippen molar-refractivity contribution in [2.75, 3.05) is 53.0 Å². The number of urea groups is 1. The SMILES string of the molecule is CN1CC(=O)N2C(CN(Cc3cccc4c3cnn4CCN3CCOCC3)C(=O)[C@@H]2Cc2ccc(O)cc2)N1C(=O)NCc1ccccc1. The Hall–Kier alpha value is -4.98. The maximum Gasteiger partial charge on any atom is 0.334 e. The lowest BCUT2D eigenvalue weighted by Gasteiger charge is -2.54. The number of ether oxygens (including phenoxy) is 1. The van der Waals surface area contributed by atoms with Gasteiger partial charge in [0.15, 0.2) is 0 Å². The molecule has 0 aliphatic carbocycles. The van der Waals surface area contributed by atoms with Gasteiger partial charge in [-0.05, 0) is 34.9 Å². The van der Waals surface area contributed by atoms with E-state index in [4.69, 9.17) is 9.84 Å². The first kappa shape index (κ1) is 32.6. The van der Waals surface area contributed by atoms with Gasteiger partial charge in [0, 0.05) is 51.6 Å². The van der Waals surface area contributed by atoms with Crippen molar-refractivity contribution in [3.05, 3.63) is 95.7 Å². The number of phenols is 1. The summed E-state index contributed by atoms with van der Waals surface area (Å²) >= 11 is 0. The molecular weight excluding hydrogens is 624 g/mol. The topological polar surface area (TPSA) is 127 Å². The van der Waals surface area contributed by atoms with Crippen LogP contribution in [0.15, 0.2) is 79.0 Å². The summed E-state index contributed by atoms with van der Waals surface area (Å²) in [5, 5.41) is 21.8. The van der Waals surface area contributed by atoms with Crippen LogP contribution in [0.25, 0.3) is 10.9 Å². The fraction of sp³-hybridized carbons (Fsp3) is 0.389. The highest BCUT2D eigenvalue weighted by molar-refractivity contribution is 5.92. The van der Waals surface area contributed by atoms with Gasteiger partial charge in [-0.3, -0.25) is 19.2 Å². The first-order valence-corrected chi connectivity index (χ1v) is 16.8. The summed E-state index contributed by atoms with van der Waals surface area (Å²) in [5.74, 6) is -0.294. The average Bonchev–Trinajstić information content (AvgIpc) is 3.54. The molecule has 1 aromatic heterocycles. The Balaban J connectivity index is 1.17. The van der Waals surface area contributed by atoms with Crippen LogP contribution in [0.1, 0.15) is 16.7 Å². The van der Waals surface area contributed by atoms with E-state index in [1.54, 1.807) is 51.1 Å². The van der Waals surface area contributed by atoms with Gasteiger partial charge in [-0.25, -0.2) is 14.8 Å². The molecule has 13 nitrogen and oxygen atoms in total. The van der Waals surface area contributed by atoms with Crippen molar-refractivity contribution in [3.63, 3.8) is 0 Å². The van der Waals surface area contributed by atoms with Gasteiger partial charge in [0.25, 0.3) is 0 Å². The molecule has 3 aliphatic heterocycles. The number of nitrogens with zero attached hydrogens (tertiary/aromatic N) is 7. The molecule has 3 aliphatic rings. The Bertz CT molecular complexity index is 1790. The molecule has 2 atom stereocenters. The van der Waals surface area contributed by atoms with Crippen molar-refractivity contribution in [2.45, 2.75) is 38.3 Å². The largest absolute Gasteiger partial charge is 0.508 e. The van der Waals surface area contributed by atoms with E-state index in [1.165, 1.54) is 0 Å². The van der Waals surface area contributed by atoms with Crippen LogP contribution in [0.5, 0.6) is 5.75 Å². The van der Waals surface area contributed by atoms with E-state index < -0.39 is 12.2 Å². The molecule has 3 saturated heterocycles. The van der Waals surface area contributed by atoms with E-state index in [9.17, 15) is 19.5 Å². The molecule has 4 amide bonds. The van der Waals surface area contributed by atoms with Gasteiger partial charge in [0.2, 0.25) is 11.8 Å². The molecule has 4 heterocycles. The lowest BCUT2D eigenvalue weighted by atomic mass is 9.98. The number of piperazine rings is 1. The second-order valence-electron chi connectivity index (χ2n) is 12.9. The smallest absolute Gasteiger partial charge is 0.334 e. The van der Waals surface area contributed by atoms with Crippen molar-refractivity contribution in [1.82, 2.24) is 39.8 Å². The fourth-order valence-corrected chi connectivity index (χ4v) is 7.10. The molecule has 0 radical (unpaired) electrons. The number of aromatic hydroxyl groups is 1. The minimum Gasteiger partial charge on any atom is -0.508 e. The molecule has 4 aromatic rings. The standard InChI is InChI=1S/C36H42N8O5/c1-39-25-34(46)43-32(20-26-10-12-29(45)13-11-26)35(47)41(24-33(43)44(39)36(48)37-21-27-6-3-2-4-7-27)23-28-8-5-9-31-30(28)22-38-42(31)15-14-40-16-18-49-19-17-40/h2-13,22,32-33,45H,14-21,23-25H2,1H3,(H,37,48)/t32-,33?/m0/s1. The summed E-state index contributed by atoms with van der Waals surface area (Å²) in [7, 11) is 1.72. The highest BCUT2D eigenvalue weighted by atomic mass is 16.5. The zero-order chi connectivity index (χ0) is 33.9. The van der Waals surface area contributed by atoms with Crippen LogP contribution in [0.3, 0.4) is 0 Å². The Labute approximate surface area is 285 Å². The van der Waals surface area contributed by atoms with E-state index in [2.05, 4.69) is 10.2 Å². The molecule has 7 rings (SSSR count). The minimum atomic E-state index is -0.843. The van der Waals surface area contributed by atoms with Crippen molar-refractivity contribution >= 4 is 28.7 Å². The second kappa shape index (κ2) is 14.2. The fourth-order valence-electron chi connectivity index (χ4n) is 7.10. The van der Waals surface area contributed by atoms with Crippen molar-refractivity contribution in [2.24, 2.45) is 0 Å². The van der Waals surface area contributed by atoms with Gasteiger partial charge in [0.1, 0.15) is 18.0 Å². The average molecular weight is 667 g/mol. The number of benzene rings is 3. The summed E-state index contributed by atoms with van der Waals surface area (Å²) in [5.41, 5.74) is 3.68. The summed E-state index contributed by atoms with van der Waals surface area (Å²) in [6, 6.07) is 21.2. The zero-order valence-corrected chi connectivity index (χ0v) is 27.6. The van der Waals surface area contributed by atoms with Crippen LogP contribution in [-0.4, -0.2) is 123 Å². The number of aromatic nitrogens is 2. The molecule has 256 valence electrons. The Morgan fingerprint density at radius 1 is 0.959 bits per heavy atom. The number of amides is 4. The molecule has 0 bridgehead atoms. The van der Waals surface area contributed by atoms with Crippen LogP contribution in [0.2, 0.25) is 0 Å². The number of rotatable bonds is 9. The number of carbonyl (C=O) groups excluding carboxylic acids is 3. The van der Waals surface area contributed by atoms with Crippen LogP contribution < -0.4 is 5.32 Å². The van der Waals surface area contributed by atoms with E-state index in [0.717, 1.165) is 67.0 Å². The van der Waals surface area contributed by atoms with E-state index in [1.807, 2.05) is 59.4 Å². The molecule has 0 spiro atoms. The molecule has 49 heavy (non-hydrogen) atoms. The highest BCUT2D eigenvalue weighted by Gasteiger charge is 2.50. The first-order chi connectivity index (χ1) is 23.9. The van der Waals surface area contributed by atoms with Gasteiger partial charge in [-0.2, -0.15) is 5.10 Å². The van der Waals surface area contributed by atoms with Gasteiger partial charge >= 0.3 is 6.03 Å². The lowest BCUT2D eigenvalue weighted by molar-refractivity contribution is -0.187. The number of likely N-dealkylation sites (N-methyl/N-ethyl adjacent to an activating group) is 1. The summed E-state index contributed by atoms with van der Waals surface area (Å²) in [6.07, 6.45) is 1.38. The number of hydrogen-bond acceptors (Lipinski definition) is 8. The monoisotopic (exact) mass is 666 g/mol. The van der Waals surface area contributed by atoms with E-state index in [0.29, 0.717) is 13.1 Å². The number of carbonyl (C=O) groups is 3. The number of fused-ring (bicyclic) bond motifs is 2. The predicted octanol–water partition coefficient (Wildman–Crippen LogP) is 2.25. The third kappa shape index (κ3) is 6.95. The lowest BCUT2D eigenvalue weighted by Crippen LogP contribution is -2.76. The number of hydrogen-bond donors (Lipinski definition) is 2. The van der Waals surface area contributed by atoms with Crippen molar-refractivity contribution in [1.29, 1.82) is 0 Å². The molecule has 1 unspecified atom stereocenters. The molecule has 2 N–H and O–H groups in total. The number of morpholine rings is 1. The van der Waals surface area contributed by atoms with Crippen LogP contribution >= 0.6 is 0 Å². The van der Waals surface area contributed by atoms with Crippen LogP contribution in [-0.2, 0) is 40.4 Å². The summed E-state index contributed by atoms with van der Waals surface area (Å²) in [6.45, 7) is 5.62. The first-order valence-electron chi connectivity index (χ1n) is 16.8. The number of hydrazine groups is 1. The molecule has 3 fully saturated rings. The van der Waals surface area contributed by atoms with Crippen LogP contribution in [0, 0.1) is 0 Å². The zero-order valence-electron chi connectivity index (χ0n) is 27.6. The van der Waals surface area contributed by atoms with Crippen LogP contribution in [0.4, 0.5) is 4.79 Å². The highest BCUT2D eigenvalue weighted by Crippen LogP contribution is 2.30. The maximum absolute atomic E-state index is 14.4. The minimum absolute atomic E-state index is 0.0441. The maximum atomic E-state index is 14.4. The van der Waals surface area contributed by atoms with Crippen molar-refractivity contribution < 1.29 is 24.2 Å². The normalized spacial score (nSPS) is 20.6. The van der Waals surface area contributed by atoms with E-state index in [-0.39, 0.29) is 43.1 Å². The van der Waals surface area contributed by atoms with Gasteiger partial charge < -0.3 is 25.0 Å². The Morgan fingerprint density at radius 3 is 2.51 bits per heavy atom. The molecular formula is C36H42N8O5. The quantitative estimate of drug-likeness (QED) is 0.279. The third-order valence-electron chi connectivity index (χ3n) is 9.67. The second-order valence-corrected chi connectivity index (χ2v) is 12.9. The number of nitrogens with one attached hydrogen (secondary N) is 1.